The first kappa shape index (κ1) is 18.7. The number of amides is 1. The maximum Gasteiger partial charge on any atom is 0.271 e. The highest BCUT2D eigenvalue weighted by atomic mass is 19.1. The Kier molecular flexibility index (Phi) is 5.24. The van der Waals surface area contributed by atoms with Crippen molar-refractivity contribution in [3.05, 3.63) is 94.8 Å². The average molecular weight is 389 g/mol. The van der Waals surface area contributed by atoms with E-state index in [0.29, 0.717) is 17.9 Å². The van der Waals surface area contributed by atoms with Crippen molar-refractivity contribution in [2.45, 2.75) is 13.1 Å². The minimum Gasteiger partial charge on any atom is -0.496 e. The standard InChI is InChI=1S/C23H20FN3O2/c1-29-22-5-3-2-4-17(22)13-25-26-23(28)16-6-7-18-14-27(15-19(18)12-16)21-10-8-20(24)9-11-21/h2-13H,14-15H2,1H3,(H,26,28)/b25-13+. The third-order valence-electron chi connectivity index (χ3n) is 4.89. The normalized spacial score (nSPS) is 12.8. The van der Waals surface area contributed by atoms with E-state index in [1.165, 1.54) is 12.1 Å². The van der Waals surface area contributed by atoms with Crippen LogP contribution in [0.5, 0.6) is 5.75 Å². The molecule has 0 bridgehead atoms. The molecule has 0 fully saturated rings. The van der Waals surface area contributed by atoms with Gasteiger partial charge in [0.1, 0.15) is 11.6 Å². The van der Waals surface area contributed by atoms with Gasteiger partial charge in [-0.3, -0.25) is 4.79 Å². The molecule has 1 N–H and O–H groups in total. The van der Waals surface area contributed by atoms with Gasteiger partial charge in [0.15, 0.2) is 0 Å². The Labute approximate surface area is 168 Å². The largest absolute Gasteiger partial charge is 0.496 e. The Balaban J connectivity index is 1.43. The maximum atomic E-state index is 13.1. The van der Waals surface area contributed by atoms with Crippen LogP contribution in [0.4, 0.5) is 10.1 Å². The Morgan fingerprint density at radius 1 is 1.07 bits per heavy atom. The fourth-order valence-corrected chi connectivity index (χ4v) is 3.37. The molecule has 6 heteroatoms. The third-order valence-corrected chi connectivity index (χ3v) is 4.89. The van der Waals surface area contributed by atoms with Crippen molar-refractivity contribution >= 4 is 17.8 Å². The number of benzene rings is 3. The van der Waals surface area contributed by atoms with Crippen molar-refractivity contribution in [2.75, 3.05) is 12.0 Å². The van der Waals surface area contributed by atoms with Crippen LogP contribution in [-0.2, 0) is 13.1 Å². The summed E-state index contributed by atoms with van der Waals surface area (Å²) in [4.78, 5) is 14.6. The number of hydrogen-bond acceptors (Lipinski definition) is 4. The van der Waals surface area contributed by atoms with E-state index in [1.54, 1.807) is 31.5 Å². The first-order valence-corrected chi connectivity index (χ1v) is 9.23. The summed E-state index contributed by atoms with van der Waals surface area (Å²) in [6.07, 6.45) is 1.56. The van der Waals surface area contributed by atoms with E-state index in [9.17, 15) is 9.18 Å². The van der Waals surface area contributed by atoms with Crippen molar-refractivity contribution in [1.29, 1.82) is 0 Å². The number of carbonyl (C=O) groups is 1. The molecular formula is C23H20FN3O2. The molecule has 29 heavy (non-hydrogen) atoms. The second kappa shape index (κ2) is 8.14. The number of methoxy groups -OCH3 is 1. The molecular weight excluding hydrogens is 369 g/mol. The summed E-state index contributed by atoms with van der Waals surface area (Å²) in [5.41, 5.74) is 7.07. The van der Waals surface area contributed by atoms with E-state index in [1.807, 2.05) is 36.4 Å². The van der Waals surface area contributed by atoms with Crippen LogP contribution in [0.25, 0.3) is 0 Å². The molecule has 0 aromatic heterocycles. The number of fused-ring (bicyclic) bond motifs is 1. The van der Waals surface area contributed by atoms with Gasteiger partial charge >= 0.3 is 0 Å². The van der Waals surface area contributed by atoms with Crippen LogP contribution < -0.4 is 15.1 Å². The zero-order valence-corrected chi connectivity index (χ0v) is 15.9. The van der Waals surface area contributed by atoms with Gasteiger partial charge in [-0.05, 0) is 59.7 Å². The first-order chi connectivity index (χ1) is 14.1. The van der Waals surface area contributed by atoms with Crippen LogP contribution in [-0.4, -0.2) is 19.2 Å². The Morgan fingerprint density at radius 2 is 1.83 bits per heavy atom. The van der Waals surface area contributed by atoms with Crippen molar-refractivity contribution in [2.24, 2.45) is 5.10 Å². The summed E-state index contributed by atoms with van der Waals surface area (Å²) in [6.45, 7) is 1.40. The highest BCUT2D eigenvalue weighted by Gasteiger charge is 2.20. The highest BCUT2D eigenvalue weighted by molar-refractivity contribution is 5.95. The van der Waals surface area contributed by atoms with E-state index < -0.39 is 0 Å². The summed E-state index contributed by atoms with van der Waals surface area (Å²) in [5, 5.41) is 4.04. The van der Waals surface area contributed by atoms with Gasteiger partial charge in [-0.2, -0.15) is 5.10 Å². The topological polar surface area (TPSA) is 53.9 Å². The SMILES string of the molecule is COc1ccccc1/C=N/NC(=O)c1ccc2c(c1)CN(c1ccc(F)cc1)C2. The molecule has 0 aliphatic carbocycles. The lowest BCUT2D eigenvalue weighted by molar-refractivity contribution is 0.0955. The van der Waals surface area contributed by atoms with Gasteiger partial charge in [0.2, 0.25) is 0 Å². The summed E-state index contributed by atoms with van der Waals surface area (Å²) in [5.74, 6) is 0.154. The predicted octanol–water partition coefficient (Wildman–Crippen LogP) is 4.12. The minimum absolute atomic E-state index is 0.252. The summed E-state index contributed by atoms with van der Waals surface area (Å²) >= 11 is 0. The molecule has 1 aliphatic heterocycles. The molecule has 1 heterocycles. The van der Waals surface area contributed by atoms with Gasteiger partial charge < -0.3 is 9.64 Å². The molecule has 3 aromatic carbocycles. The lowest BCUT2D eigenvalue weighted by Crippen LogP contribution is -2.18. The van der Waals surface area contributed by atoms with Gasteiger partial charge in [0.25, 0.3) is 5.91 Å². The number of anilines is 1. The van der Waals surface area contributed by atoms with Crippen molar-refractivity contribution < 1.29 is 13.9 Å². The fraction of sp³-hybridized carbons (Fsp3) is 0.130. The maximum absolute atomic E-state index is 13.1. The molecule has 1 aliphatic rings. The number of rotatable bonds is 5. The molecule has 0 unspecified atom stereocenters. The number of halogens is 1. The molecule has 0 saturated carbocycles. The lowest BCUT2D eigenvalue weighted by atomic mass is 10.1. The number of carbonyl (C=O) groups excluding carboxylic acids is 1. The van der Waals surface area contributed by atoms with Crippen LogP contribution in [0.3, 0.4) is 0 Å². The zero-order valence-electron chi connectivity index (χ0n) is 15.9. The van der Waals surface area contributed by atoms with E-state index in [4.69, 9.17) is 4.74 Å². The number of hydrazone groups is 1. The van der Waals surface area contributed by atoms with Crippen molar-refractivity contribution in [1.82, 2.24) is 5.43 Å². The second-order valence-corrected chi connectivity index (χ2v) is 6.76. The van der Waals surface area contributed by atoms with Crippen LogP contribution >= 0.6 is 0 Å². The number of ether oxygens (including phenoxy) is 1. The van der Waals surface area contributed by atoms with E-state index in [2.05, 4.69) is 15.4 Å². The van der Waals surface area contributed by atoms with Gasteiger partial charge in [0, 0.05) is 29.9 Å². The molecule has 0 atom stereocenters. The number of nitrogens with zero attached hydrogens (tertiary/aromatic N) is 2. The number of para-hydroxylation sites is 1. The van der Waals surface area contributed by atoms with E-state index in [0.717, 1.165) is 28.9 Å². The minimum atomic E-state index is -0.279. The monoisotopic (exact) mass is 389 g/mol. The Hall–Kier alpha value is -3.67. The summed E-state index contributed by atoms with van der Waals surface area (Å²) in [6, 6.07) is 19.5. The third kappa shape index (κ3) is 4.11. The molecule has 1 amide bonds. The van der Waals surface area contributed by atoms with E-state index >= 15 is 0 Å². The Morgan fingerprint density at radius 3 is 2.62 bits per heavy atom. The predicted molar refractivity (Wildman–Crippen MR) is 111 cm³/mol. The van der Waals surface area contributed by atoms with Gasteiger partial charge in [-0.1, -0.05) is 18.2 Å². The first-order valence-electron chi connectivity index (χ1n) is 9.23. The highest BCUT2D eigenvalue weighted by Crippen LogP contribution is 2.29. The zero-order chi connectivity index (χ0) is 20.2. The smallest absolute Gasteiger partial charge is 0.271 e. The average Bonchev–Trinajstić information content (AvgIpc) is 3.18. The lowest BCUT2D eigenvalue weighted by Gasteiger charge is -2.17. The van der Waals surface area contributed by atoms with Gasteiger partial charge in [-0.25, -0.2) is 9.82 Å². The molecule has 0 saturated heterocycles. The molecule has 146 valence electrons. The quantitative estimate of drug-likeness (QED) is 0.528. The molecule has 4 rings (SSSR count). The van der Waals surface area contributed by atoms with Crippen molar-refractivity contribution in [3.8, 4) is 5.75 Å². The summed E-state index contributed by atoms with van der Waals surface area (Å²) < 4.78 is 18.4. The van der Waals surface area contributed by atoms with Crippen molar-refractivity contribution in [3.63, 3.8) is 0 Å². The Bertz CT molecular complexity index is 1060. The molecule has 3 aromatic rings. The van der Waals surface area contributed by atoms with Gasteiger partial charge in [-0.15, -0.1) is 0 Å². The number of hydrogen-bond donors (Lipinski definition) is 1. The van der Waals surface area contributed by atoms with Crippen LogP contribution in [0, 0.1) is 5.82 Å². The van der Waals surface area contributed by atoms with Crippen LogP contribution in [0.15, 0.2) is 71.8 Å². The second-order valence-electron chi connectivity index (χ2n) is 6.76. The molecule has 0 spiro atoms. The van der Waals surface area contributed by atoms with E-state index in [-0.39, 0.29) is 11.7 Å². The summed E-state index contributed by atoms with van der Waals surface area (Å²) in [7, 11) is 1.59. The molecule has 5 nitrogen and oxygen atoms in total. The fourth-order valence-electron chi connectivity index (χ4n) is 3.37. The van der Waals surface area contributed by atoms with Crippen LogP contribution in [0.2, 0.25) is 0 Å². The molecule has 0 radical (unpaired) electrons. The van der Waals surface area contributed by atoms with Gasteiger partial charge in [0.05, 0.1) is 13.3 Å². The number of nitrogens with one attached hydrogen (secondary N) is 1. The van der Waals surface area contributed by atoms with Crippen LogP contribution in [0.1, 0.15) is 27.0 Å².